The molecule has 1 atom stereocenters. The molecule has 0 aliphatic carbocycles. The zero-order valence-corrected chi connectivity index (χ0v) is 17.5. The first-order chi connectivity index (χ1) is 15.1. The fourth-order valence-corrected chi connectivity index (χ4v) is 4.73. The van der Waals surface area contributed by atoms with Crippen molar-refractivity contribution < 1.29 is 23.5 Å². The minimum atomic E-state index is -0.408. The van der Waals surface area contributed by atoms with Crippen LogP contribution in [0.2, 0.25) is 0 Å². The summed E-state index contributed by atoms with van der Waals surface area (Å²) < 4.78 is 23.4. The van der Waals surface area contributed by atoms with Crippen LogP contribution in [0.3, 0.4) is 0 Å². The van der Waals surface area contributed by atoms with E-state index >= 15 is 0 Å². The Morgan fingerprint density at radius 3 is 2.94 bits per heavy atom. The zero-order chi connectivity index (χ0) is 21.4. The molecule has 0 amide bonds. The Kier molecular flexibility index (Phi) is 5.14. The van der Waals surface area contributed by atoms with Gasteiger partial charge in [0.05, 0.1) is 12.5 Å². The molecular formula is C21H19N3O6S. The quantitative estimate of drug-likeness (QED) is 0.436. The number of aromatic nitrogens is 3. The third kappa shape index (κ3) is 4.02. The molecule has 2 aromatic heterocycles. The number of aryl methyl sites for hydroxylation is 1. The summed E-state index contributed by atoms with van der Waals surface area (Å²) in [6.07, 6.45) is 0.0948. The summed E-state index contributed by atoms with van der Waals surface area (Å²) in [5.41, 5.74) is 1.81. The van der Waals surface area contributed by atoms with Gasteiger partial charge in [-0.05, 0) is 25.1 Å². The van der Waals surface area contributed by atoms with Crippen LogP contribution in [0.4, 0.5) is 0 Å². The smallest absolute Gasteiger partial charge is 0.308 e. The fraction of sp³-hybridized carbons (Fsp3) is 0.333. The second-order valence-electron chi connectivity index (χ2n) is 7.26. The Labute approximate surface area is 181 Å². The van der Waals surface area contributed by atoms with Crippen LogP contribution in [-0.4, -0.2) is 39.6 Å². The van der Waals surface area contributed by atoms with Crippen LogP contribution >= 0.6 is 11.8 Å². The number of carbonyl (C=O) groups excluding carboxylic acids is 1. The predicted molar refractivity (Wildman–Crippen MR) is 110 cm³/mol. The summed E-state index contributed by atoms with van der Waals surface area (Å²) >= 11 is 1.47. The number of rotatable bonds is 5. The molecule has 2 aliphatic heterocycles. The van der Waals surface area contributed by atoms with Crippen molar-refractivity contribution in [3.05, 3.63) is 52.1 Å². The van der Waals surface area contributed by atoms with Gasteiger partial charge in [-0.3, -0.25) is 14.2 Å². The molecule has 0 radical (unpaired) electrons. The van der Waals surface area contributed by atoms with Gasteiger partial charge in [-0.1, -0.05) is 16.9 Å². The molecule has 0 fully saturated rings. The molecule has 2 aliphatic rings. The summed E-state index contributed by atoms with van der Waals surface area (Å²) in [6, 6.07) is 8.43. The highest BCUT2D eigenvalue weighted by molar-refractivity contribution is 7.99. The minimum Gasteiger partial charge on any atom is -0.486 e. The van der Waals surface area contributed by atoms with E-state index in [2.05, 4.69) is 10.1 Å². The molecule has 0 N–H and O–H groups in total. The van der Waals surface area contributed by atoms with Crippen LogP contribution in [0, 0.1) is 6.92 Å². The number of esters is 1. The number of nitrogens with zero attached hydrogens (tertiary/aromatic N) is 3. The SMILES string of the molecule is Cc1cc(=O)n2c(n1)SCC2CC(=O)OCc1cc(-c2ccc3c(c2)OCCO3)on1. The Morgan fingerprint density at radius 2 is 2.06 bits per heavy atom. The molecule has 0 saturated carbocycles. The lowest BCUT2D eigenvalue weighted by Crippen LogP contribution is -2.26. The molecule has 1 aromatic carbocycles. The van der Waals surface area contributed by atoms with E-state index < -0.39 is 5.97 Å². The van der Waals surface area contributed by atoms with Gasteiger partial charge in [0.2, 0.25) is 0 Å². The highest BCUT2D eigenvalue weighted by atomic mass is 32.2. The van der Waals surface area contributed by atoms with Crippen molar-refractivity contribution >= 4 is 17.7 Å². The highest BCUT2D eigenvalue weighted by Gasteiger charge is 2.28. The van der Waals surface area contributed by atoms with E-state index in [0.29, 0.717) is 52.8 Å². The highest BCUT2D eigenvalue weighted by Crippen LogP contribution is 2.35. The van der Waals surface area contributed by atoms with Gasteiger partial charge in [0.15, 0.2) is 22.4 Å². The lowest BCUT2D eigenvalue weighted by Gasteiger charge is -2.18. The standard InChI is InChI=1S/C21H19N3O6S/c1-12-6-19(25)24-15(11-31-21(24)22-12)9-20(26)29-10-14-8-17(30-23-14)13-2-3-16-18(7-13)28-5-4-27-16/h2-3,6-8,15H,4-5,9-11H2,1H3. The molecule has 4 heterocycles. The van der Waals surface area contributed by atoms with Crippen molar-refractivity contribution in [3.8, 4) is 22.8 Å². The molecule has 31 heavy (non-hydrogen) atoms. The van der Waals surface area contributed by atoms with Crippen molar-refractivity contribution in [3.63, 3.8) is 0 Å². The molecule has 1 unspecified atom stereocenters. The third-order valence-corrected chi connectivity index (χ3v) is 6.08. The number of hydrogen-bond donors (Lipinski definition) is 0. The van der Waals surface area contributed by atoms with Crippen LogP contribution in [0.1, 0.15) is 23.9 Å². The van der Waals surface area contributed by atoms with Crippen molar-refractivity contribution in [2.45, 2.75) is 31.1 Å². The Balaban J connectivity index is 1.21. The van der Waals surface area contributed by atoms with E-state index in [1.807, 2.05) is 18.2 Å². The fourth-order valence-electron chi connectivity index (χ4n) is 3.53. The van der Waals surface area contributed by atoms with Gasteiger partial charge >= 0.3 is 5.97 Å². The summed E-state index contributed by atoms with van der Waals surface area (Å²) in [4.78, 5) is 28.9. The van der Waals surface area contributed by atoms with Gasteiger partial charge in [0.25, 0.3) is 5.56 Å². The van der Waals surface area contributed by atoms with Crippen LogP contribution in [0.25, 0.3) is 11.3 Å². The average Bonchev–Trinajstić information content (AvgIpc) is 3.39. The van der Waals surface area contributed by atoms with E-state index in [1.165, 1.54) is 17.8 Å². The Bertz CT molecular complexity index is 1200. The first kappa shape index (κ1) is 19.7. The van der Waals surface area contributed by atoms with Crippen LogP contribution in [0.5, 0.6) is 11.5 Å². The topological polar surface area (TPSA) is 106 Å². The van der Waals surface area contributed by atoms with Crippen LogP contribution in [-0.2, 0) is 16.1 Å². The Hall–Kier alpha value is -3.27. The molecule has 160 valence electrons. The summed E-state index contributed by atoms with van der Waals surface area (Å²) in [5, 5.41) is 4.62. The normalized spacial score (nSPS) is 16.7. The second-order valence-corrected chi connectivity index (χ2v) is 8.25. The minimum absolute atomic E-state index is 0.0132. The predicted octanol–water partition coefficient (Wildman–Crippen LogP) is 2.76. The Morgan fingerprint density at radius 1 is 1.23 bits per heavy atom. The monoisotopic (exact) mass is 441 g/mol. The van der Waals surface area contributed by atoms with Gasteiger partial charge in [-0.25, -0.2) is 4.98 Å². The maximum atomic E-state index is 12.3. The number of carbonyl (C=O) groups is 1. The maximum Gasteiger partial charge on any atom is 0.308 e. The van der Waals surface area contributed by atoms with Gasteiger partial charge in [-0.2, -0.15) is 0 Å². The zero-order valence-electron chi connectivity index (χ0n) is 16.7. The van der Waals surface area contributed by atoms with Gasteiger partial charge in [-0.15, -0.1) is 0 Å². The van der Waals surface area contributed by atoms with E-state index in [1.54, 1.807) is 17.6 Å². The number of benzene rings is 1. The lowest BCUT2D eigenvalue weighted by molar-refractivity contribution is -0.145. The average molecular weight is 441 g/mol. The van der Waals surface area contributed by atoms with E-state index in [0.717, 1.165) is 5.56 Å². The molecule has 0 spiro atoms. The summed E-state index contributed by atoms with van der Waals surface area (Å²) in [5.74, 6) is 2.09. The van der Waals surface area contributed by atoms with Crippen LogP contribution < -0.4 is 15.0 Å². The molecule has 0 saturated heterocycles. The van der Waals surface area contributed by atoms with Gasteiger partial charge in [0.1, 0.15) is 25.5 Å². The molecule has 0 bridgehead atoms. The van der Waals surface area contributed by atoms with Crippen molar-refractivity contribution in [1.29, 1.82) is 0 Å². The molecular weight excluding hydrogens is 422 g/mol. The van der Waals surface area contributed by atoms with Crippen molar-refractivity contribution in [2.75, 3.05) is 19.0 Å². The molecule has 5 rings (SSSR count). The van der Waals surface area contributed by atoms with Crippen LogP contribution in [0.15, 0.2) is 44.8 Å². The van der Waals surface area contributed by atoms with Gasteiger partial charge < -0.3 is 18.7 Å². The lowest BCUT2D eigenvalue weighted by atomic mass is 10.1. The summed E-state index contributed by atoms with van der Waals surface area (Å²) in [6.45, 7) is 2.79. The molecule has 10 heteroatoms. The second kappa shape index (κ2) is 8.10. The van der Waals surface area contributed by atoms with E-state index in [-0.39, 0.29) is 24.6 Å². The third-order valence-electron chi connectivity index (χ3n) is 4.99. The number of thioether (sulfide) groups is 1. The largest absolute Gasteiger partial charge is 0.486 e. The van der Waals surface area contributed by atoms with Gasteiger partial charge in [0, 0.05) is 29.1 Å². The number of hydrogen-bond acceptors (Lipinski definition) is 9. The number of fused-ring (bicyclic) bond motifs is 2. The maximum absolute atomic E-state index is 12.3. The van der Waals surface area contributed by atoms with Crippen molar-refractivity contribution in [2.24, 2.45) is 0 Å². The summed E-state index contributed by atoms with van der Waals surface area (Å²) in [7, 11) is 0. The molecule has 9 nitrogen and oxygen atoms in total. The first-order valence-electron chi connectivity index (χ1n) is 9.81. The van der Waals surface area contributed by atoms with E-state index in [9.17, 15) is 9.59 Å². The van der Waals surface area contributed by atoms with Crippen molar-refractivity contribution in [1.82, 2.24) is 14.7 Å². The number of ether oxygens (including phenoxy) is 3. The molecule has 3 aromatic rings. The van der Waals surface area contributed by atoms with E-state index in [4.69, 9.17) is 18.7 Å². The first-order valence-corrected chi connectivity index (χ1v) is 10.8.